The number of nitrogens with two attached hydrogens (primary N) is 1. The summed E-state index contributed by atoms with van der Waals surface area (Å²) < 4.78 is 0. The third-order valence-corrected chi connectivity index (χ3v) is 1.72. The molecule has 1 atom stereocenters. The minimum Gasteiger partial charge on any atom is -0.326 e. The molecule has 1 heteroatoms. The van der Waals surface area contributed by atoms with Crippen LogP contribution in [-0.4, -0.2) is 6.04 Å². The zero-order valence-electron chi connectivity index (χ0n) is 6.72. The maximum absolute atomic E-state index is 5.76. The Labute approximate surface area is 63.3 Å². The lowest BCUT2D eigenvalue weighted by Crippen LogP contribution is -2.35. The molecule has 0 saturated heterocycles. The quantitative estimate of drug-likeness (QED) is 0.463. The van der Waals surface area contributed by atoms with Crippen molar-refractivity contribution in [3.63, 3.8) is 0 Å². The Balaban J connectivity index is 4.06. The Bertz CT molecular complexity index is 151. The van der Waals surface area contributed by atoms with Gasteiger partial charge >= 0.3 is 0 Å². The van der Waals surface area contributed by atoms with Crippen molar-refractivity contribution in [3.8, 4) is 12.3 Å². The minimum absolute atomic E-state index is 0.0231. The summed E-state index contributed by atoms with van der Waals surface area (Å²) in [7, 11) is 0. The summed E-state index contributed by atoms with van der Waals surface area (Å²) in [5.41, 5.74) is 5.54. The van der Waals surface area contributed by atoms with Gasteiger partial charge in [0.1, 0.15) is 0 Å². The molecule has 0 aliphatic heterocycles. The third kappa shape index (κ3) is 2.24. The average molecular weight is 137 g/mol. The molecule has 0 bridgehead atoms. The van der Waals surface area contributed by atoms with Crippen LogP contribution in [0.3, 0.4) is 0 Å². The molecule has 0 aromatic rings. The number of hydrogen-bond donors (Lipinski definition) is 1. The fourth-order valence-electron chi connectivity index (χ4n) is 0.581. The smallest absolute Gasteiger partial charge is 0.0409 e. The van der Waals surface area contributed by atoms with Gasteiger partial charge < -0.3 is 5.73 Å². The third-order valence-electron chi connectivity index (χ3n) is 1.72. The molecule has 0 aliphatic rings. The molecule has 0 aromatic carbocycles. The van der Waals surface area contributed by atoms with E-state index in [0.717, 1.165) is 6.42 Å². The van der Waals surface area contributed by atoms with E-state index in [1.54, 1.807) is 6.08 Å². The van der Waals surface area contributed by atoms with Crippen LogP contribution in [0.2, 0.25) is 0 Å². The van der Waals surface area contributed by atoms with Gasteiger partial charge in [0, 0.05) is 11.5 Å². The maximum atomic E-state index is 5.76. The Morgan fingerprint density at radius 3 is 2.60 bits per heavy atom. The zero-order chi connectivity index (χ0) is 8.20. The minimum atomic E-state index is -0.214. The molecule has 0 saturated carbocycles. The van der Waals surface area contributed by atoms with Crippen LogP contribution in [0.15, 0.2) is 12.7 Å². The first kappa shape index (κ1) is 9.26. The molecule has 0 aliphatic carbocycles. The van der Waals surface area contributed by atoms with Gasteiger partial charge in [0.15, 0.2) is 0 Å². The van der Waals surface area contributed by atoms with Crippen LogP contribution in [-0.2, 0) is 0 Å². The van der Waals surface area contributed by atoms with Crippen molar-refractivity contribution < 1.29 is 0 Å². The molecule has 0 rings (SSSR count). The lowest BCUT2D eigenvalue weighted by atomic mass is 9.84. The molecule has 0 spiro atoms. The first-order valence-electron chi connectivity index (χ1n) is 3.39. The van der Waals surface area contributed by atoms with Gasteiger partial charge in [-0.3, -0.25) is 0 Å². The molecule has 2 N–H and O–H groups in total. The van der Waals surface area contributed by atoms with Crippen molar-refractivity contribution in [1.82, 2.24) is 0 Å². The average Bonchev–Trinajstić information content (AvgIpc) is 1.89. The van der Waals surface area contributed by atoms with E-state index in [0.29, 0.717) is 0 Å². The Morgan fingerprint density at radius 1 is 1.80 bits per heavy atom. The van der Waals surface area contributed by atoms with E-state index in [1.165, 1.54) is 0 Å². The fourth-order valence-corrected chi connectivity index (χ4v) is 0.581. The second kappa shape index (κ2) is 3.43. The van der Waals surface area contributed by atoms with E-state index >= 15 is 0 Å². The summed E-state index contributed by atoms with van der Waals surface area (Å²) in [6.07, 6.45) is 7.84. The van der Waals surface area contributed by atoms with E-state index in [1.807, 2.05) is 13.8 Å². The molecular formula is C9H15N. The zero-order valence-corrected chi connectivity index (χ0v) is 6.72. The topological polar surface area (TPSA) is 26.0 Å². The van der Waals surface area contributed by atoms with Crippen LogP contribution in [0, 0.1) is 17.8 Å². The molecule has 0 fully saturated rings. The van der Waals surface area contributed by atoms with Gasteiger partial charge in [-0.25, -0.2) is 0 Å². The summed E-state index contributed by atoms with van der Waals surface area (Å²) >= 11 is 0. The van der Waals surface area contributed by atoms with Gasteiger partial charge in [0.05, 0.1) is 0 Å². The second-order valence-electron chi connectivity index (χ2n) is 3.00. The molecule has 0 heterocycles. The Morgan fingerprint density at radius 2 is 2.30 bits per heavy atom. The van der Waals surface area contributed by atoms with Crippen LogP contribution < -0.4 is 5.73 Å². The molecular weight excluding hydrogens is 122 g/mol. The van der Waals surface area contributed by atoms with Crippen molar-refractivity contribution in [2.75, 3.05) is 0 Å². The summed E-state index contributed by atoms with van der Waals surface area (Å²) in [4.78, 5) is 0. The van der Waals surface area contributed by atoms with Gasteiger partial charge in [0.2, 0.25) is 0 Å². The highest BCUT2D eigenvalue weighted by molar-refractivity contribution is 5.06. The summed E-state index contributed by atoms with van der Waals surface area (Å²) in [6.45, 7) is 7.52. The molecule has 56 valence electrons. The first-order valence-corrected chi connectivity index (χ1v) is 3.39. The van der Waals surface area contributed by atoms with Gasteiger partial charge in [-0.05, 0) is 20.3 Å². The highest BCUT2D eigenvalue weighted by atomic mass is 14.7. The highest BCUT2D eigenvalue weighted by Gasteiger charge is 2.21. The van der Waals surface area contributed by atoms with Crippen molar-refractivity contribution in [2.24, 2.45) is 11.1 Å². The lowest BCUT2D eigenvalue weighted by molar-refractivity contribution is 0.391. The van der Waals surface area contributed by atoms with Gasteiger partial charge in [0.25, 0.3) is 0 Å². The Hall–Kier alpha value is -0.740. The van der Waals surface area contributed by atoms with Crippen LogP contribution >= 0.6 is 0 Å². The van der Waals surface area contributed by atoms with Crippen molar-refractivity contribution in [3.05, 3.63) is 12.7 Å². The monoisotopic (exact) mass is 137 g/mol. The summed E-state index contributed by atoms with van der Waals surface area (Å²) in [6, 6.07) is 0.0231. The maximum Gasteiger partial charge on any atom is 0.0409 e. The van der Waals surface area contributed by atoms with Crippen molar-refractivity contribution in [2.45, 2.75) is 26.3 Å². The highest BCUT2D eigenvalue weighted by Crippen LogP contribution is 2.19. The van der Waals surface area contributed by atoms with E-state index in [-0.39, 0.29) is 11.5 Å². The number of terminal acetylenes is 1. The molecule has 0 amide bonds. The van der Waals surface area contributed by atoms with Crippen LogP contribution in [0.5, 0.6) is 0 Å². The SMILES string of the molecule is C#CC(C)(C)C(N)CC=C. The summed E-state index contributed by atoms with van der Waals surface area (Å²) in [5, 5.41) is 0. The predicted molar refractivity (Wildman–Crippen MR) is 45.4 cm³/mol. The lowest BCUT2D eigenvalue weighted by Gasteiger charge is -2.24. The van der Waals surface area contributed by atoms with Crippen LogP contribution in [0.25, 0.3) is 0 Å². The van der Waals surface area contributed by atoms with E-state index in [2.05, 4.69) is 12.5 Å². The predicted octanol–water partition coefficient (Wildman–Crippen LogP) is 1.55. The van der Waals surface area contributed by atoms with Crippen LogP contribution in [0.4, 0.5) is 0 Å². The number of rotatable bonds is 3. The summed E-state index contributed by atoms with van der Waals surface area (Å²) in [5.74, 6) is 2.65. The van der Waals surface area contributed by atoms with E-state index < -0.39 is 0 Å². The van der Waals surface area contributed by atoms with Gasteiger partial charge in [-0.15, -0.1) is 13.0 Å². The van der Waals surface area contributed by atoms with Gasteiger partial charge in [-0.2, -0.15) is 0 Å². The molecule has 10 heavy (non-hydrogen) atoms. The number of hydrogen-bond acceptors (Lipinski definition) is 1. The van der Waals surface area contributed by atoms with Crippen molar-refractivity contribution >= 4 is 0 Å². The molecule has 1 unspecified atom stereocenters. The van der Waals surface area contributed by atoms with Crippen molar-refractivity contribution in [1.29, 1.82) is 0 Å². The first-order chi connectivity index (χ1) is 4.54. The largest absolute Gasteiger partial charge is 0.326 e. The van der Waals surface area contributed by atoms with Gasteiger partial charge in [-0.1, -0.05) is 12.0 Å². The van der Waals surface area contributed by atoms with E-state index in [9.17, 15) is 0 Å². The molecule has 0 aromatic heterocycles. The van der Waals surface area contributed by atoms with Crippen LogP contribution in [0.1, 0.15) is 20.3 Å². The standard InChI is InChI=1S/C9H15N/c1-5-7-8(10)9(3,4)6-2/h2,5,8H,1,7,10H2,3-4H3. The van der Waals surface area contributed by atoms with E-state index in [4.69, 9.17) is 12.2 Å². The molecule has 0 radical (unpaired) electrons. The Kier molecular flexibility index (Phi) is 3.18. The fraction of sp³-hybridized carbons (Fsp3) is 0.556. The second-order valence-corrected chi connectivity index (χ2v) is 3.00. The normalized spacial score (nSPS) is 13.8. The molecule has 1 nitrogen and oxygen atoms in total.